The summed E-state index contributed by atoms with van der Waals surface area (Å²) in [6, 6.07) is 11.9. The Morgan fingerprint density at radius 2 is 2.04 bits per heavy atom. The van der Waals surface area contributed by atoms with Crippen molar-refractivity contribution in [2.24, 2.45) is 0 Å². The van der Waals surface area contributed by atoms with Gasteiger partial charge in [-0.25, -0.2) is 0 Å². The predicted octanol–water partition coefficient (Wildman–Crippen LogP) is 2.83. The van der Waals surface area contributed by atoms with Crippen LogP contribution in [0, 0.1) is 0 Å². The Labute approximate surface area is 149 Å². The SMILES string of the molecule is CN(C)C1CCN(C(=O)c2cccc(OCc3cccnc3)c2)CC1. The third-order valence-corrected chi connectivity index (χ3v) is 4.69. The van der Waals surface area contributed by atoms with E-state index in [1.54, 1.807) is 12.4 Å². The Balaban J connectivity index is 1.60. The molecule has 25 heavy (non-hydrogen) atoms. The van der Waals surface area contributed by atoms with Crippen molar-refractivity contribution in [1.82, 2.24) is 14.8 Å². The first-order valence-electron chi connectivity index (χ1n) is 8.71. The van der Waals surface area contributed by atoms with Gasteiger partial charge in [0.2, 0.25) is 0 Å². The van der Waals surface area contributed by atoms with E-state index in [0.29, 0.717) is 24.0 Å². The molecule has 2 aromatic rings. The van der Waals surface area contributed by atoms with E-state index in [1.807, 2.05) is 41.3 Å². The molecule has 1 fully saturated rings. The van der Waals surface area contributed by atoms with Crippen LogP contribution in [0.25, 0.3) is 0 Å². The number of hydrogen-bond donors (Lipinski definition) is 0. The molecule has 1 aliphatic heterocycles. The van der Waals surface area contributed by atoms with Crippen molar-refractivity contribution in [3.63, 3.8) is 0 Å². The van der Waals surface area contributed by atoms with Gasteiger partial charge in [0.1, 0.15) is 12.4 Å². The topological polar surface area (TPSA) is 45.7 Å². The number of aromatic nitrogens is 1. The van der Waals surface area contributed by atoms with Crippen molar-refractivity contribution < 1.29 is 9.53 Å². The lowest BCUT2D eigenvalue weighted by molar-refractivity contribution is 0.0663. The number of carbonyl (C=O) groups is 1. The zero-order chi connectivity index (χ0) is 17.6. The van der Waals surface area contributed by atoms with Crippen LogP contribution < -0.4 is 4.74 Å². The van der Waals surface area contributed by atoms with E-state index in [-0.39, 0.29) is 5.91 Å². The fraction of sp³-hybridized carbons (Fsp3) is 0.400. The molecule has 0 saturated carbocycles. The van der Waals surface area contributed by atoms with Gasteiger partial charge in [-0.2, -0.15) is 0 Å². The van der Waals surface area contributed by atoms with Gasteiger partial charge in [-0.3, -0.25) is 9.78 Å². The van der Waals surface area contributed by atoms with Gasteiger partial charge in [0.05, 0.1) is 0 Å². The second kappa shape index (κ2) is 8.12. The molecule has 132 valence electrons. The fourth-order valence-corrected chi connectivity index (χ4v) is 3.14. The molecule has 1 saturated heterocycles. The Morgan fingerprint density at radius 1 is 1.24 bits per heavy atom. The van der Waals surface area contributed by atoms with Gasteiger partial charge < -0.3 is 14.5 Å². The number of rotatable bonds is 5. The molecule has 5 nitrogen and oxygen atoms in total. The third-order valence-electron chi connectivity index (χ3n) is 4.69. The zero-order valence-corrected chi connectivity index (χ0v) is 14.9. The van der Waals surface area contributed by atoms with Gasteiger partial charge in [0.25, 0.3) is 5.91 Å². The van der Waals surface area contributed by atoms with Crippen LogP contribution in [-0.4, -0.2) is 53.9 Å². The Kier molecular flexibility index (Phi) is 5.66. The number of carbonyl (C=O) groups excluding carboxylic acids is 1. The predicted molar refractivity (Wildman–Crippen MR) is 97.6 cm³/mol. The lowest BCUT2D eigenvalue weighted by atomic mass is 10.0. The van der Waals surface area contributed by atoms with Gasteiger partial charge in [0.15, 0.2) is 0 Å². The summed E-state index contributed by atoms with van der Waals surface area (Å²) in [4.78, 5) is 21.0. The average Bonchev–Trinajstić information content (AvgIpc) is 2.67. The van der Waals surface area contributed by atoms with Crippen LogP contribution in [0.1, 0.15) is 28.8 Å². The van der Waals surface area contributed by atoms with E-state index in [9.17, 15) is 4.79 Å². The summed E-state index contributed by atoms with van der Waals surface area (Å²) < 4.78 is 5.80. The van der Waals surface area contributed by atoms with Crippen LogP contribution in [-0.2, 0) is 6.61 Å². The molecule has 3 rings (SSSR count). The summed E-state index contributed by atoms with van der Waals surface area (Å²) >= 11 is 0. The molecule has 1 aromatic carbocycles. The van der Waals surface area contributed by atoms with E-state index in [1.165, 1.54) is 0 Å². The molecule has 5 heteroatoms. The largest absolute Gasteiger partial charge is 0.489 e. The molecule has 2 heterocycles. The summed E-state index contributed by atoms with van der Waals surface area (Å²) in [6.07, 6.45) is 5.57. The second-order valence-corrected chi connectivity index (χ2v) is 6.66. The number of pyridine rings is 1. The zero-order valence-electron chi connectivity index (χ0n) is 14.9. The summed E-state index contributed by atoms with van der Waals surface area (Å²) in [5.41, 5.74) is 1.69. The highest BCUT2D eigenvalue weighted by molar-refractivity contribution is 5.94. The van der Waals surface area contributed by atoms with Gasteiger partial charge in [-0.15, -0.1) is 0 Å². The van der Waals surface area contributed by atoms with E-state index in [0.717, 1.165) is 31.5 Å². The van der Waals surface area contributed by atoms with Gasteiger partial charge in [0, 0.05) is 42.7 Å². The number of benzene rings is 1. The maximum absolute atomic E-state index is 12.7. The molecule has 0 unspecified atom stereocenters. The summed E-state index contributed by atoms with van der Waals surface area (Å²) in [6.45, 7) is 2.06. The minimum absolute atomic E-state index is 0.0871. The Morgan fingerprint density at radius 3 is 2.72 bits per heavy atom. The quantitative estimate of drug-likeness (QED) is 0.840. The molecule has 1 aromatic heterocycles. The minimum atomic E-state index is 0.0871. The number of likely N-dealkylation sites (tertiary alicyclic amines) is 1. The second-order valence-electron chi connectivity index (χ2n) is 6.66. The van der Waals surface area contributed by atoms with E-state index in [4.69, 9.17) is 4.74 Å². The maximum atomic E-state index is 12.7. The van der Waals surface area contributed by atoms with Crippen LogP contribution in [0.4, 0.5) is 0 Å². The highest BCUT2D eigenvalue weighted by Gasteiger charge is 2.24. The van der Waals surface area contributed by atoms with E-state index >= 15 is 0 Å². The molecular formula is C20H25N3O2. The van der Waals surface area contributed by atoms with Gasteiger partial charge in [-0.1, -0.05) is 12.1 Å². The van der Waals surface area contributed by atoms with Crippen molar-refractivity contribution in [2.45, 2.75) is 25.5 Å². The number of amides is 1. The van der Waals surface area contributed by atoms with Crippen LogP contribution in [0.15, 0.2) is 48.8 Å². The lowest BCUT2D eigenvalue weighted by Crippen LogP contribution is -2.44. The van der Waals surface area contributed by atoms with Gasteiger partial charge >= 0.3 is 0 Å². The van der Waals surface area contributed by atoms with E-state index in [2.05, 4.69) is 24.0 Å². The monoisotopic (exact) mass is 339 g/mol. The molecule has 0 atom stereocenters. The lowest BCUT2D eigenvalue weighted by Gasteiger charge is -2.35. The highest BCUT2D eigenvalue weighted by Crippen LogP contribution is 2.20. The number of piperidine rings is 1. The third kappa shape index (κ3) is 4.57. The minimum Gasteiger partial charge on any atom is -0.489 e. The van der Waals surface area contributed by atoms with Crippen molar-refractivity contribution in [2.75, 3.05) is 27.2 Å². The maximum Gasteiger partial charge on any atom is 0.253 e. The number of nitrogens with zero attached hydrogens (tertiary/aromatic N) is 3. The smallest absolute Gasteiger partial charge is 0.253 e. The summed E-state index contributed by atoms with van der Waals surface area (Å²) in [7, 11) is 4.20. The first-order chi connectivity index (χ1) is 12.1. The van der Waals surface area contributed by atoms with Crippen LogP contribution >= 0.6 is 0 Å². The van der Waals surface area contributed by atoms with Crippen LogP contribution in [0.2, 0.25) is 0 Å². The first kappa shape index (κ1) is 17.4. The van der Waals surface area contributed by atoms with Crippen LogP contribution in [0.3, 0.4) is 0 Å². The first-order valence-corrected chi connectivity index (χ1v) is 8.71. The highest BCUT2D eigenvalue weighted by atomic mass is 16.5. The normalized spacial score (nSPS) is 15.4. The molecule has 1 amide bonds. The summed E-state index contributed by atoms with van der Waals surface area (Å²) in [5, 5.41) is 0. The molecule has 0 radical (unpaired) electrons. The molecule has 0 aliphatic carbocycles. The number of hydrogen-bond acceptors (Lipinski definition) is 4. The van der Waals surface area contributed by atoms with Gasteiger partial charge in [-0.05, 0) is 51.2 Å². The van der Waals surface area contributed by atoms with Crippen molar-refractivity contribution in [3.8, 4) is 5.75 Å². The number of ether oxygens (including phenoxy) is 1. The van der Waals surface area contributed by atoms with Crippen molar-refractivity contribution in [1.29, 1.82) is 0 Å². The van der Waals surface area contributed by atoms with E-state index < -0.39 is 0 Å². The average molecular weight is 339 g/mol. The van der Waals surface area contributed by atoms with Crippen molar-refractivity contribution in [3.05, 3.63) is 59.9 Å². The van der Waals surface area contributed by atoms with Crippen LogP contribution in [0.5, 0.6) is 5.75 Å². The Bertz CT molecular complexity index is 695. The molecule has 0 spiro atoms. The molecular weight excluding hydrogens is 314 g/mol. The standard InChI is InChI=1S/C20H25N3O2/c1-22(2)18-8-11-23(12-9-18)20(24)17-6-3-7-19(13-17)25-15-16-5-4-10-21-14-16/h3-7,10,13-14,18H,8-9,11-12,15H2,1-2H3. The molecule has 1 aliphatic rings. The van der Waals surface area contributed by atoms with Crippen molar-refractivity contribution >= 4 is 5.91 Å². The molecule has 0 bridgehead atoms. The summed E-state index contributed by atoms with van der Waals surface area (Å²) in [5.74, 6) is 0.793. The Hall–Kier alpha value is -2.40. The fourth-order valence-electron chi connectivity index (χ4n) is 3.14. The molecule has 0 N–H and O–H groups in total.